The summed E-state index contributed by atoms with van der Waals surface area (Å²) in [7, 11) is 0. The second kappa shape index (κ2) is 6.45. The van der Waals surface area contributed by atoms with Gasteiger partial charge in [0.15, 0.2) is 0 Å². The van der Waals surface area contributed by atoms with Gasteiger partial charge < -0.3 is 10.0 Å². The molecule has 0 spiro atoms. The summed E-state index contributed by atoms with van der Waals surface area (Å²) in [5, 5.41) is 9.37. The van der Waals surface area contributed by atoms with Gasteiger partial charge >= 0.3 is 0 Å². The Morgan fingerprint density at radius 1 is 1.50 bits per heavy atom. The first kappa shape index (κ1) is 12.9. The highest BCUT2D eigenvalue weighted by molar-refractivity contribution is 6.30. The van der Waals surface area contributed by atoms with Gasteiger partial charge in [-0.2, -0.15) is 0 Å². The van der Waals surface area contributed by atoms with E-state index in [0.717, 1.165) is 6.42 Å². The maximum atomic E-state index is 11.9. The average Bonchev–Trinajstić information content (AvgIpc) is 2.29. The molecule has 0 radical (unpaired) electrons. The van der Waals surface area contributed by atoms with Gasteiger partial charge in [0, 0.05) is 19.3 Å². The van der Waals surface area contributed by atoms with E-state index in [-0.39, 0.29) is 12.5 Å². The molecule has 0 aromatic carbocycles. The first-order valence-corrected chi connectivity index (χ1v) is 5.58. The molecule has 0 atom stereocenters. The summed E-state index contributed by atoms with van der Waals surface area (Å²) in [6.45, 7) is 2.88. The summed E-state index contributed by atoms with van der Waals surface area (Å²) < 4.78 is 0. The fourth-order valence-electron chi connectivity index (χ4n) is 1.37. The molecule has 0 fully saturated rings. The van der Waals surface area contributed by atoms with Crippen LogP contribution in [-0.2, 0) is 0 Å². The van der Waals surface area contributed by atoms with Crippen LogP contribution in [0.2, 0.25) is 5.02 Å². The van der Waals surface area contributed by atoms with Crippen LogP contribution < -0.4 is 0 Å². The molecule has 1 amide bonds. The fourth-order valence-corrected chi connectivity index (χ4v) is 1.48. The normalized spacial score (nSPS) is 10.2. The lowest BCUT2D eigenvalue weighted by molar-refractivity contribution is 0.0716. The van der Waals surface area contributed by atoms with Gasteiger partial charge in [-0.15, -0.1) is 0 Å². The lowest BCUT2D eigenvalue weighted by Gasteiger charge is -2.20. The van der Waals surface area contributed by atoms with Crippen molar-refractivity contribution < 1.29 is 9.90 Å². The Bertz CT molecular complexity index is 334. The minimum Gasteiger partial charge on any atom is -0.395 e. The van der Waals surface area contributed by atoms with Gasteiger partial charge in [-0.1, -0.05) is 18.5 Å². The highest BCUT2D eigenvalue weighted by Crippen LogP contribution is 2.08. The molecule has 1 N–H and O–H groups in total. The quantitative estimate of drug-likeness (QED) is 0.853. The predicted molar refractivity (Wildman–Crippen MR) is 62.5 cm³/mol. The summed E-state index contributed by atoms with van der Waals surface area (Å²) in [5.41, 5.74) is 0.353. The molecule has 0 saturated heterocycles. The Kier molecular flexibility index (Phi) is 5.22. The highest BCUT2D eigenvalue weighted by Gasteiger charge is 2.15. The van der Waals surface area contributed by atoms with Crippen molar-refractivity contribution in [3.63, 3.8) is 0 Å². The van der Waals surface area contributed by atoms with E-state index in [0.29, 0.717) is 23.8 Å². The summed E-state index contributed by atoms with van der Waals surface area (Å²) >= 11 is 5.69. The molecule has 4 nitrogen and oxygen atoms in total. The molecule has 16 heavy (non-hydrogen) atoms. The molecule has 1 heterocycles. The SMILES string of the molecule is CCCN(CCO)C(=O)c1ccc(Cl)cn1. The van der Waals surface area contributed by atoms with Crippen LogP contribution in [-0.4, -0.2) is 40.6 Å². The van der Waals surface area contributed by atoms with E-state index >= 15 is 0 Å². The Morgan fingerprint density at radius 2 is 2.25 bits per heavy atom. The number of rotatable bonds is 5. The molecule has 0 saturated carbocycles. The van der Waals surface area contributed by atoms with Crippen molar-refractivity contribution in [1.82, 2.24) is 9.88 Å². The van der Waals surface area contributed by atoms with E-state index in [1.165, 1.54) is 6.20 Å². The van der Waals surface area contributed by atoms with E-state index in [2.05, 4.69) is 4.98 Å². The zero-order valence-corrected chi connectivity index (χ0v) is 9.94. The smallest absolute Gasteiger partial charge is 0.272 e. The Labute approximate surface area is 99.9 Å². The van der Waals surface area contributed by atoms with Crippen molar-refractivity contribution in [1.29, 1.82) is 0 Å². The van der Waals surface area contributed by atoms with Crippen molar-refractivity contribution in [2.75, 3.05) is 19.7 Å². The predicted octanol–water partition coefficient (Wildman–Crippen LogP) is 1.58. The largest absolute Gasteiger partial charge is 0.395 e. The Hall–Kier alpha value is -1.13. The minimum atomic E-state index is -0.174. The lowest BCUT2D eigenvalue weighted by Crippen LogP contribution is -2.34. The van der Waals surface area contributed by atoms with Gasteiger partial charge in [0.25, 0.3) is 5.91 Å². The van der Waals surface area contributed by atoms with Crippen molar-refractivity contribution in [2.45, 2.75) is 13.3 Å². The minimum absolute atomic E-state index is 0.0423. The van der Waals surface area contributed by atoms with Gasteiger partial charge in [0.1, 0.15) is 5.69 Å². The number of carbonyl (C=O) groups is 1. The second-order valence-electron chi connectivity index (χ2n) is 3.38. The molecule has 0 unspecified atom stereocenters. The number of aliphatic hydroxyl groups is 1. The number of aromatic nitrogens is 1. The van der Waals surface area contributed by atoms with Crippen molar-refractivity contribution in [3.05, 3.63) is 29.0 Å². The van der Waals surface area contributed by atoms with Crippen molar-refractivity contribution in [2.24, 2.45) is 0 Å². The number of hydrogen-bond acceptors (Lipinski definition) is 3. The number of aliphatic hydroxyl groups excluding tert-OH is 1. The molecule has 1 rings (SSSR count). The first-order chi connectivity index (χ1) is 7.69. The molecular formula is C11H15ClN2O2. The Balaban J connectivity index is 2.77. The summed E-state index contributed by atoms with van der Waals surface area (Å²) in [5.74, 6) is -0.174. The van der Waals surface area contributed by atoms with Crippen LogP contribution in [0.25, 0.3) is 0 Å². The number of carbonyl (C=O) groups excluding carboxylic acids is 1. The van der Waals surface area contributed by atoms with Crippen molar-refractivity contribution >= 4 is 17.5 Å². The van der Waals surface area contributed by atoms with Crippen LogP contribution in [0.5, 0.6) is 0 Å². The third-order valence-electron chi connectivity index (χ3n) is 2.10. The molecule has 5 heteroatoms. The molecule has 88 valence electrons. The van der Waals surface area contributed by atoms with Gasteiger partial charge in [-0.25, -0.2) is 4.98 Å². The monoisotopic (exact) mass is 242 g/mol. The van der Waals surface area contributed by atoms with Crippen LogP contribution in [0.4, 0.5) is 0 Å². The van der Waals surface area contributed by atoms with E-state index < -0.39 is 0 Å². The summed E-state index contributed by atoms with van der Waals surface area (Å²) in [6.07, 6.45) is 2.29. The molecule has 0 aliphatic heterocycles. The standard InChI is InChI=1S/C11H15ClN2O2/c1-2-5-14(6-7-15)11(16)10-4-3-9(12)8-13-10/h3-4,8,15H,2,5-7H2,1H3. The fraction of sp³-hybridized carbons (Fsp3) is 0.455. The number of halogens is 1. The maximum absolute atomic E-state index is 11.9. The van der Waals surface area contributed by atoms with E-state index in [1.807, 2.05) is 6.92 Å². The van der Waals surface area contributed by atoms with Crippen LogP contribution >= 0.6 is 11.6 Å². The molecule has 0 aliphatic rings. The summed E-state index contributed by atoms with van der Waals surface area (Å²) in [6, 6.07) is 3.22. The molecule has 0 aliphatic carbocycles. The number of amides is 1. The first-order valence-electron chi connectivity index (χ1n) is 5.20. The number of nitrogens with zero attached hydrogens (tertiary/aromatic N) is 2. The molecular weight excluding hydrogens is 228 g/mol. The lowest BCUT2D eigenvalue weighted by atomic mass is 10.3. The zero-order chi connectivity index (χ0) is 12.0. The van der Waals surface area contributed by atoms with Gasteiger partial charge in [0.2, 0.25) is 0 Å². The number of pyridine rings is 1. The van der Waals surface area contributed by atoms with E-state index in [1.54, 1.807) is 17.0 Å². The third-order valence-corrected chi connectivity index (χ3v) is 2.32. The van der Waals surface area contributed by atoms with E-state index in [9.17, 15) is 4.79 Å². The molecule has 1 aromatic rings. The summed E-state index contributed by atoms with van der Waals surface area (Å²) in [4.78, 5) is 17.5. The van der Waals surface area contributed by atoms with Crippen molar-refractivity contribution in [3.8, 4) is 0 Å². The van der Waals surface area contributed by atoms with Crippen LogP contribution in [0.15, 0.2) is 18.3 Å². The number of hydrogen-bond donors (Lipinski definition) is 1. The van der Waals surface area contributed by atoms with Gasteiger partial charge in [-0.05, 0) is 18.6 Å². The third kappa shape index (κ3) is 3.47. The average molecular weight is 243 g/mol. The van der Waals surface area contributed by atoms with Gasteiger partial charge in [0.05, 0.1) is 11.6 Å². The second-order valence-corrected chi connectivity index (χ2v) is 3.81. The topological polar surface area (TPSA) is 53.4 Å². The Morgan fingerprint density at radius 3 is 2.75 bits per heavy atom. The highest BCUT2D eigenvalue weighted by atomic mass is 35.5. The van der Waals surface area contributed by atoms with Crippen LogP contribution in [0.1, 0.15) is 23.8 Å². The maximum Gasteiger partial charge on any atom is 0.272 e. The molecule has 1 aromatic heterocycles. The van der Waals surface area contributed by atoms with E-state index in [4.69, 9.17) is 16.7 Å². The molecule has 0 bridgehead atoms. The van der Waals surface area contributed by atoms with Crippen LogP contribution in [0, 0.1) is 0 Å². The van der Waals surface area contributed by atoms with Crippen LogP contribution in [0.3, 0.4) is 0 Å². The zero-order valence-electron chi connectivity index (χ0n) is 9.19. The van der Waals surface area contributed by atoms with Gasteiger partial charge in [-0.3, -0.25) is 4.79 Å².